The first-order chi connectivity index (χ1) is 12.7. The molecular weight excluding hydrogens is 331 g/mol. The van der Waals surface area contributed by atoms with Crippen molar-refractivity contribution < 1.29 is 13.9 Å². The molecule has 0 aliphatic carbocycles. The Balaban J connectivity index is 1.67. The molecule has 1 atom stereocenters. The predicted octanol–water partition coefficient (Wildman–Crippen LogP) is 3.31. The van der Waals surface area contributed by atoms with Gasteiger partial charge in [-0.15, -0.1) is 0 Å². The van der Waals surface area contributed by atoms with E-state index < -0.39 is 0 Å². The number of hydrogen-bond acceptors (Lipinski definition) is 4. The van der Waals surface area contributed by atoms with Gasteiger partial charge in [-0.25, -0.2) is 4.39 Å². The molecule has 1 aliphatic rings. The van der Waals surface area contributed by atoms with Crippen molar-refractivity contribution in [1.82, 2.24) is 10.2 Å². The Morgan fingerprint density at radius 1 is 1.15 bits per heavy atom. The van der Waals surface area contributed by atoms with Crippen LogP contribution in [0.25, 0.3) is 0 Å². The van der Waals surface area contributed by atoms with Crippen LogP contribution < -0.4 is 10.1 Å². The Kier molecular flexibility index (Phi) is 6.61. The predicted molar refractivity (Wildman–Crippen MR) is 101 cm³/mol. The fourth-order valence-corrected chi connectivity index (χ4v) is 3.34. The van der Waals surface area contributed by atoms with Crippen LogP contribution in [0.5, 0.6) is 5.75 Å². The zero-order valence-electron chi connectivity index (χ0n) is 15.5. The van der Waals surface area contributed by atoms with Crippen LogP contribution in [0.1, 0.15) is 22.7 Å². The van der Waals surface area contributed by atoms with Crippen molar-refractivity contribution in [2.45, 2.75) is 19.5 Å². The third kappa shape index (κ3) is 4.81. The molecule has 3 rings (SSSR count). The number of benzene rings is 2. The lowest BCUT2D eigenvalue weighted by molar-refractivity contribution is 0.0161. The van der Waals surface area contributed by atoms with Gasteiger partial charge in [0.15, 0.2) is 0 Å². The molecule has 0 bridgehead atoms. The molecule has 140 valence electrons. The van der Waals surface area contributed by atoms with Gasteiger partial charge in [-0.05, 0) is 41.8 Å². The van der Waals surface area contributed by atoms with Gasteiger partial charge in [0.05, 0.1) is 20.3 Å². The summed E-state index contributed by atoms with van der Waals surface area (Å²) in [6.45, 7) is 6.73. The Morgan fingerprint density at radius 3 is 2.54 bits per heavy atom. The molecule has 0 saturated carbocycles. The number of halogens is 1. The highest BCUT2D eigenvalue weighted by Gasteiger charge is 2.22. The quantitative estimate of drug-likeness (QED) is 0.823. The Labute approximate surface area is 154 Å². The first kappa shape index (κ1) is 18.8. The SMILES string of the molecule is COc1ccc(C(CNCc2ccc(F)c(C)c2)N2CCOCC2)cc1. The molecule has 5 heteroatoms. The Bertz CT molecular complexity index is 700. The summed E-state index contributed by atoms with van der Waals surface area (Å²) in [4.78, 5) is 2.45. The van der Waals surface area contributed by atoms with Gasteiger partial charge in [0, 0.05) is 32.2 Å². The number of rotatable bonds is 7. The highest BCUT2D eigenvalue weighted by atomic mass is 19.1. The monoisotopic (exact) mass is 358 g/mol. The fraction of sp³-hybridized carbons (Fsp3) is 0.429. The van der Waals surface area contributed by atoms with Gasteiger partial charge in [0.2, 0.25) is 0 Å². The first-order valence-corrected chi connectivity index (χ1v) is 9.09. The molecule has 1 fully saturated rings. The number of nitrogens with zero attached hydrogens (tertiary/aromatic N) is 1. The van der Waals surface area contributed by atoms with Crippen molar-refractivity contribution in [2.75, 3.05) is 40.0 Å². The second-order valence-corrected chi connectivity index (χ2v) is 6.65. The Morgan fingerprint density at radius 2 is 1.88 bits per heavy atom. The van der Waals surface area contributed by atoms with Crippen LogP contribution in [-0.4, -0.2) is 44.9 Å². The molecule has 1 heterocycles. The molecule has 2 aromatic carbocycles. The summed E-state index contributed by atoms with van der Waals surface area (Å²) in [7, 11) is 1.68. The second kappa shape index (κ2) is 9.12. The number of methoxy groups -OCH3 is 1. The third-order valence-electron chi connectivity index (χ3n) is 4.88. The highest BCUT2D eigenvalue weighted by Crippen LogP contribution is 2.24. The molecule has 1 N–H and O–H groups in total. The van der Waals surface area contributed by atoms with Crippen molar-refractivity contribution in [3.8, 4) is 5.75 Å². The van der Waals surface area contributed by atoms with Crippen LogP contribution in [0.4, 0.5) is 4.39 Å². The number of aryl methyl sites for hydroxylation is 1. The zero-order valence-corrected chi connectivity index (χ0v) is 15.5. The molecule has 1 saturated heterocycles. The lowest BCUT2D eigenvalue weighted by Gasteiger charge is -2.35. The number of hydrogen-bond donors (Lipinski definition) is 1. The fourth-order valence-electron chi connectivity index (χ4n) is 3.34. The lowest BCUT2D eigenvalue weighted by atomic mass is 10.0. The van der Waals surface area contributed by atoms with E-state index in [1.807, 2.05) is 24.3 Å². The minimum Gasteiger partial charge on any atom is -0.497 e. The molecule has 4 nitrogen and oxygen atoms in total. The summed E-state index contributed by atoms with van der Waals surface area (Å²) in [5.41, 5.74) is 3.04. The summed E-state index contributed by atoms with van der Waals surface area (Å²) in [6, 6.07) is 13.8. The average molecular weight is 358 g/mol. The molecule has 0 amide bonds. The smallest absolute Gasteiger partial charge is 0.126 e. The van der Waals surface area contributed by atoms with E-state index in [9.17, 15) is 4.39 Å². The third-order valence-corrected chi connectivity index (χ3v) is 4.88. The van der Waals surface area contributed by atoms with Crippen molar-refractivity contribution in [3.63, 3.8) is 0 Å². The number of ether oxygens (including phenoxy) is 2. The van der Waals surface area contributed by atoms with Crippen molar-refractivity contribution >= 4 is 0 Å². The lowest BCUT2D eigenvalue weighted by Crippen LogP contribution is -2.42. The van der Waals surface area contributed by atoms with E-state index in [1.54, 1.807) is 14.0 Å². The van der Waals surface area contributed by atoms with Gasteiger partial charge in [0.25, 0.3) is 0 Å². The molecule has 26 heavy (non-hydrogen) atoms. The zero-order chi connectivity index (χ0) is 18.4. The molecule has 1 aliphatic heterocycles. The summed E-state index contributed by atoms with van der Waals surface area (Å²) in [6.07, 6.45) is 0. The van der Waals surface area contributed by atoms with E-state index in [2.05, 4.69) is 22.3 Å². The van der Waals surface area contributed by atoms with E-state index in [0.29, 0.717) is 5.56 Å². The van der Waals surface area contributed by atoms with Crippen molar-refractivity contribution in [1.29, 1.82) is 0 Å². The van der Waals surface area contributed by atoms with Gasteiger partial charge < -0.3 is 14.8 Å². The minimum atomic E-state index is -0.154. The van der Waals surface area contributed by atoms with Crippen LogP contribution in [0.15, 0.2) is 42.5 Å². The highest BCUT2D eigenvalue weighted by molar-refractivity contribution is 5.29. The molecule has 0 radical (unpaired) electrons. The number of nitrogens with one attached hydrogen (secondary N) is 1. The van der Waals surface area contributed by atoms with Gasteiger partial charge in [-0.2, -0.15) is 0 Å². The molecular formula is C21H27FN2O2. The maximum atomic E-state index is 13.4. The van der Waals surface area contributed by atoms with Gasteiger partial charge in [-0.1, -0.05) is 24.3 Å². The average Bonchev–Trinajstić information content (AvgIpc) is 2.69. The first-order valence-electron chi connectivity index (χ1n) is 9.09. The Hall–Kier alpha value is -1.95. The maximum Gasteiger partial charge on any atom is 0.126 e. The largest absolute Gasteiger partial charge is 0.497 e. The normalized spacial score (nSPS) is 16.4. The van der Waals surface area contributed by atoms with Crippen molar-refractivity contribution in [2.24, 2.45) is 0 Å². The molecule has 0 aromatic heterocycles. The van der Waals surface area contributed by atoms with E-state index in [4.69, 9.17) is 9.47 Å². The van der Waals surface area contributed by atoms with Crippen LogP contribution in [-0.2, 0) is 11.3 Å². The van der Waals surface area contributed by atoms with E-state index in [0.717, 1.165) is 50.7 Å². The van der Waals surface area contributed by atoms with Gasteiger partial charge >= 0.3 is 0 Å². The summed E-state index contributed by atoms with van der Waals surface area (Å²) < 4.78 is 24.2. The minimum absolute atomic E-state index is 0.154. The standard InChI is InChI=1S/C21H27FN2O2/c1-16-13-17(3-8-20(16)22)14-23-15-21(24-9-11-26-12-10-24)18-4-6-19(25-2)7-5-18/h3-8,13,21,23H,9-12,14-15H2,1-2H3. The van der Waals surface area contributed by atoms with Gasteiger partial charge in [0.1, 0.15) is 11.6 Å². The van der Waals surface area contributed by atoms with Crippen molar-refractivity contribution in [3.05, 3.63) is 65.0 Å². The number of morpholine rings is 1. The molecule has 2 aromatic rings. The van der Waals surface area contributed by atoms with Gasteiger partial charge in [-0.3, -0.25) is 4.90 Å². The van der Waals surface area contributed by atoms with Crippen LogP contribution >= 0.6 is 0 Å². The molecule has 1 unspecified atom stereocenters. The second-order valence-electron chi connectivity index (χ2n) is 6.65. The summed E-state index contributed by atoms with van der Waals surface area (Å²) in [5, 5.41) is 3.54. The molecule has 0 spiro atoms. The van der Waals surface area contributed by atoms with Crippen LogP contribution in [0.3, 0.4) is 0 Å². The maximum absolute atomic E-state index is 13.4. The van der Waals surface area contributed by atoms with E-state index in [-0.39, 0.29) is 11.9 Å². The summed E-state index contributed by atoms with van der Waals surface area (Å²) in [5.74, 6) is 0.711. The van der Waals surface area contributed by atoms with Crippen LogP contribution in [0.2, 0.25) is 0 Å². The topological polar surface area (TPSA) is 33.7 Å². The van der Waals surface area contributed by atoms with E-state index in [1.165, 1.54) is 11.6 Å². The van der Waals surface area contributed by atoms with E-state index >= 15 is 0 Å². The van der Waals surface area contributed by atoms with Crippen LogP contribution in [0, 0.1) is 12.7 Å². The summed E-state index contributed by atoms with van der Waals surface area (Å²) >= 11 is 0.